The van der Waals surface area contributed by atoms with Crippen LogP contribution < -0.4 is 10.3 Å². The predicted octanol–water partition coefficient (Wildman–Crippen LogP) is 3.77. The molecule has 0 atom stereocenters. The van der Waals surface area contributed by atoms with E-state index >= 15 is 0 Å². The molecule has 3 rings (SSSR count). The van der Waals surface area contributed by atoms with Crippen molar-refractivity contribution in [1.29, 1.82) is 0 Å². The molecule has 0 aliphatic carbocycles. The van der Waals surface area contributed by atoms with Gasteiger partial charge in [0.25, 0.3) is 5.56 Å². The highest BCUT2D eigenvalue weighted by Gasteiger charge is 2.22. The van der Waals surface area contributed by atoms with Gasteiger partial charge in [-0.15, -0.1) is 0 Å². The molecule has 26 heavy (non-hydrogen) atoms. The summed E-state index contributed by atoms with van der Waals surface area (Å²) in [5.41, 5.74) is 0.869. The monoisotopic (exact) mass is 435 g/mol. The first-order valence-corrected chi connectivity index (χ1v) is 10.5. The molecule has 5 nitrogen and oxygen atoms in total. The predicted molar refractivity (Wildman–Crippen MR) is 105 cm³/mol. The van der Waals surface area contributed by atoms with E-state index in [2.05, 4.69) is 15.9 Å². The molecule has 0 bridgehead atoms. The van der Waals surface area contributed by atoms with Gasteiger partial charge in [0, 0.05) is 22.5 Å². The van der Waals surface area contributed by atoms with E-state index in [-0.39, 0.29) is 16.2 Å². The first-order chi connectivity index (χ1) is 12.4. The third-order valence-corrected chi connectivity index (χ3v) is 6.70. The van der Waals surface area contributed by atoms with Crippen molar-refractivity contribution < 1.29 is 13.2 Å². The highest BCUT2D eigenvalue weighted by atomic mass is 79.9. The van der Waals surface area contributed by atoms with Gasteiger partial charge in [-0.25, -0.2) is 8.42 Å². The Hall–Kier alpha value is -2.12. The molecule has 0 radical (unpaired) electrons. The van der Waals surface area contributed by atoms with Crippen molar-refractivity contribution in [2.75, 3.05) is 7.11 Å². The van der Waals surface area contributed by atoms with E-state index in [1.54, 1.807) is 47.0 Å². The maximum atomic E-state index is 13.1. The quantitative estimate of drug-likeness (QED) is 0.611. The number of benzene rings is 2. The first-order valence-electron chi connectivity index (χ1n) is 8.05. The number of hydrogen-bond donors (Lipinski definition) is 0. The number of fused-ring (bicyclic) bond motifs is 1. The fraction of sp³-hybridized carbons (Fsp3) is 0.211. The fourth-order valence-corrected chi connectivity index (χ4v) is 5.12. The molecular weight excluding hydrogens is 418 g/mol. The van der Waals surface area contributed by atoms with Crippen LogP contribution in [0.4, 0.5) is 0 Å². The SMILES string of the molecule is CCn1c(=O)cc(S(=O)(=O)Cc2cc(OC)ccc2Br)c2ccccc21. The van der Waals surface area contributed by atoms with E-state index in [0.29, 0.717) is 33.2 Å². The number of nitrogens with zero attached hydrogens (tertiary/aromatic N) is 1. The molecule has 1 aromatic heterocycles. The average molecular weight is 436 g/mol. The number of hydrogen-bond acceptors (Lipinski definition) is 4. The highest BCUT2D eigenvalue weighted by Crippen LogP contribution is 2.29. The normalized spacial score (nSPS) is 11.7. The van der Waals surface area contributed by atoms with Gasteiger partial charge in [-0.2, -0.15) is 0 Å². The Morgan fingerprint density at radius 2 is 1.85 bits per heavy atom. The zero-order chi connectivity index (χ0) is 18.9. The summed E-state index contributed by atoms with van der Waals surface area (Å²) >= 11 is 3.39. The zero-order valence-electron chi connectivity index (χ0n) is 14.4. The summed E-state index contributed by atoms with van der Waals surface area (Å²) in [5.74, 6) is 0.342. The second-order valence-electron chi connectivity index (χ2n) is 5.82. The Balaban J connectivity index is 2.19. The van der Waals surface area contributed by atoms with Gasteiger partial charge in [-0.05, 0) is 36.8 Å². The van der Waals surface area contributed by atoms with Crippen LogP contribution in [0.5, 0.6) is 5.75 Å². The van der Waals surface area contributed by atoms with Crippen LogP contribution in [0, 0.1) is 0 Å². The second-order valence-corrected chi connectivity index (χ2v) is 8.64. The summed E-state index contributed by atoms with van der Waals surface area (Å²) < 4.78 is 33.6. The molecule has 0 saturated carbocycles. The van der Waals surface area contributed by atoms with Crippen LogP contribution in [0.1, 0.15) is 12.5 Å². The summed E-state index contributed by atoms with van der Waals surface area (Å²) in [7, 11) is -2.21. The van der Waals surface area contributed by atoms with Crippen molar-refractivity contribution >= 4 is 36.7 Å². The van der Waals surface area contributed by atoms with E-state index in [1.807, 2.05) is 6.92 Å². The Morgan fingerprint density at radius 1 is 1.12 bits per heavy atom. The lowest BCUT2D eigenvalue weighted by atomic mass is 10.2. The molecule has 0 saturated heterocycles. The molecule has 3 aromatic rings. The lowest BCUT2D eigenvalue weighted by Gasteiger charge is -2.13. The van der Waals surface area contributed by atoms with Gasteiger partial charge in [0.05, 0.1) is 23.3 Å². The number of methoxy groups -OCH3 is 1. The molecule has 0 fully saturated rings. The van der Waals surface area contributed by atoms with Crippen molar-refractivity contribution in [2.45, 2.75) is 24.1 Å². The Morgan fingerprint density at radius 3 is 2.54 bits per heavy atom. The molecule has 1 heterocycles. The van der Waals surface area contributed by atoms with E-state index < -0.39 is 9.84 Å². The topological polar surface area (TPSA) is 65.4 Å². The fourth-order valence-electron chi connectivity index (χ4n) is 2.96. The van der Waals surface area contributed by atoms with E-state index in [1.165, 1.54) is 13.2 Å². The number of rotatable bonds is 5. The third kappa shape index (κ3) is 3.41. The largest absolute Gasteiger partial charge is 0.497 e. The van der Waals surface area contributed by atoms with Crippen molar-refractivity contribution in [3.8, 4) is 5.75 Å². The lowest BCUT2D eigenvalue weighted by Crippen LogP contribution is -2.21. The molecule has 0 aliphatic rings. The first kappa shape index (κ1) is 18.7. The van der Waals surface area contributed by atoms with Gasteiger partial charge in [0.1, 0.15) is 5.75 Å². The number of sulfone groups is 1. The number of pyridine rings is 1. The van der Waals surface area contributed by atoms with Gasteiger partial charge in [-0.1, -0.05) is 34.1 Å². The lowest BCUT2D eigenvalue weighted by molar-refractivity contribution is 0.414. The molecule has 0 unspecified atom stereocenters. The smallest absolute Gasteiger partial charge is 0.252 e. The molecule has 0 N–H and O–H groups in total. The number of aromatic nitrogens is 1. The van der Waals surface area contributed by atoms with E-state index in [4.69, 9.17) is 4.74 Å². The number of aryl methyl sites for hydroxylation is 1. The molecule has 136 valence electrons. The molecule has 0 aliphatic heterocycles. The van der Waals surface area contributed by atoms with Gasteiger partial charge >= 0.3 is 0 Å². The minimum Gasteiger partial charge on any atom is -0.497 e. The summed E-state index contributed by atoms with van der Waals surface area (Å²) in [5, 5.41) is 0.549. The maximum Gasteiger partial charge on any atom is 0.252 e. The van der Waals surface area contributed by atoms with Crippen LogP contribution in [0.25, 0.3) is 10.9 Å². The maximum absolute atomic E-state index is 13.1. The van der Waals surface area contributed by atoms with Crippen LogP contribution in [0.2, 0.25) is 0 Å². The molecule has 0 spiro atoms. The van der Waals surface area contributed by atoms with Crippen LogP contribution in [0.3, 0.4) is 0 Å². The van der Waals surface area contributed by atoms with Crippen LogP contribution in [-0.4, -0.2) is 20.1 Å². The van der Waals surface area contributed by atoms with Crippen molar-refractivity contribution in [3.05, 3.63) is 68.9 Å². The number of para-hydroxylation sites is 1. The highest BCUT2D eigenvalue weighted by molar-refractivity contribution is 9.10. The van der Waals surface area contributed by atoms with Gasteiger partial charge in [-0.3, -0.25) is 4.79 Å². The van der Waals surface area contributed by atoms with Crippen molar-refractivity contribution in [3.63, 3.8) is 0 Å². The average Bonchev–Trinajstić information content (AvgIpc) is 2.62. The number of ether oxygens (including phenoxy) is 1. The Bertz CT molecular complexity index is 1140. The van der Waals surface area contributed by atoms with E-state index in [0.717, 1.165) is 0 Å². The standard InChI is InChI=1S/C19H18BrNO4S/c1-3-21-17-7-5-4-6-15(17)18(11-19(21)22)26(23,24)12-13-10-14(25-2)8-9-16(13)20/h4-11H,3,12H2,1-2H3. The summed E-state index contributed by atoms with van der Waals surface area (Å²) in [6.45, 7) is 2.33. The number of halogens is 1. The molecule has 2 aromatic carbocycles. The van der Waals surface area contributed by atoms with Gasteiger partial charge < -0.3 is 9.30 Å². The summed E-state index contributed by atoms with van der Waals surface area (Å²) in [4.78, 5) is 12.5. The molecule has 7 heteroatoms. The molecular formula is C19H18BrNO4S. The van der Waals surface area contributed by atoms with Crippen molar-refractivity contribution in [1.82, 2.24) is 4.57 Å². The van der Waals surface area contributed by atoms with Crippen LogP contribution >= 0.6 is 15.9 Å². The van der Waals surface area contributed by atoms with E-state index in [9.17, 15) is 13.2 Å². The van der Waals surface area contributed by atoms with Crippen LogP contribution in [0.15, 0.2) is 62.7 Å². The zero-order valence-corrected chi connectivity index (χ0v) is 16.8. The van der Waals surface area contributed by atoms with Crippen LogP contribution in [-0.2, 0) is 22.1 Å². The summed E-state index contributed by atoms with van der Waals surface area (Å²) in [6.07, 6.45) is 0. The Labute approximate surface area is 160 Å². The van der Waals surface area contributed by atoms with Gasteiger partial charge in [0.2, 0.25) is 0 Å². The molecule has 0 amide bonds. The second kappa shape index (κ2) is 7.25. The van der Waals surface area contributed by atoms with Crippen molar-refractivity contribution in [2.24, 2.45) is 0 Å². The minimum absolute atomic E-state index is 0.0533. The summed E-state index contributed by atoms with van der Waals surface area (Å²) in [6, 6.07) is 13.5. The third-order valence-electron chi connectivity index (χ3n) is 4.23. The Kier molecular flexibility index (Phi) is 5.20. The minimum atomic E-state index is -3.73. The van der Waals surface area contributed by atoms with Gasteiger partial charge in [0.15, 0.2) is 9.84 Å².